The molecule has 1 aromatic rings. The number of alkyl halides is 3. The van der Waals surface area contributed by atoms with Gasteiger partial charge in [-0.25, -0.2) is 12.7 Å². The van der Waals surface area contributed by atoms with Gasteiger partial charge in [0.2, 0.25) is 10.0 Å². The fourth-order valence-corrected chi connectivity index (χ4v) is 3.52. The van der Waals surface area contributed by atoms with E-state index in [-0.39, 0.29) is 12.6 Å². The maximum Gasteiger partial charge on any atom is 0.390 e. The summed E-state index contributed by atoms with van der Waals surface area (Å²) in [6.07, 6.45) is -5.61. The summed E-state index contributed by atoms with van der Waals surface area (Å²) in [6, 6.07) is 7.68. The van der Waals surface area contributed by atoms with Crippen molar-refractivity contribution in [1.82, 2.24) is 4.31 Å². The van der Waals surface area contributed by atoms with E-state index in [9.17, 15) is 21.6 Å². The number of nitrogens with zero attached hydrogens (tertiary/aromatic N) is 1. The smallest absolute Gasteiger partial charge is 0.372 e. The van der Waals surface area contributed by atoms with Crippen LogP contribution in [-0.4, -0.2) is 44.3 Å². The topological polar surface area (TPSA) is 46.6 Å². The third-order valence-electron chi connectivity index (χ3n) is 3.62. The molecule has 0 radical (unpaired) electrons. The first-order valence-corrected chi connectivity index (χ1v) is 8.47. The van der Waals surface area contributed by atoms with Crippen LogP contribution in [0.3, 0.4) is 0 Å². The minimum atomic E-state index is -4.48. The molecular formula is C14H18F3NO3S. The molecular weight excluding hydrogens is 319 g/mol. The molecule has 0 aliphatic carbocycles. The lowest BCUT2D eigenvalue weighted by molar-refractivity contribution is -0.130. The summed E-state index contributed by atoms with van der Waals surface area (Å²) in [7, 11) is -2.65. The van der Waals surface area contributed by atoms with Gasteiger partial charge in [0.25, 0.3) is 0 Å². The van der Waals surface area contributed by atoms with Gasteiger partial charge in [0, 0.05) is 20.0 Å². The SMILES string of the molecule is CN(C[C@@H]1Cc2ccccc2CO1)S(=O)(=O)CCC(F)(F)F. The standard InChI is InChI=1S/C14H18F3NO3S/c1-18(22(19,20)7-6-14(15,16)17)9-13-8-11-4-2-3-5-12(11)10-21-13/h2-5,13H,6-10H2,1H3/t13-/m0/s1. The van der Waals surface area contributed by atoms with Crippen LogP contribution in [-0.2, 0) is 27.8 Å². The van der Waals surface area contributed by atoms with E-state index >= 15 is 0 Å². The Morgan fingerprint density at radius 3 is 2.55 bits per heavy atom. The summed E-state index contributed by atoms with van der Waals surface area (Å²) in [4.78, 5) is 0. The van der Waals surface area contributed by atoms with Gasteiger partial charge in [-0.05, 0) is 11.1 Å². The molecule has 0 amide bonds. The van der Waals surface area contributed by atoms with Gasteiger partial charge < -0.3 is 4.74 Å². The number of ether oxygens (including phenoxy) is 1. The zero-order valence-corrected chi connectivity index (χ0v) is 13.0. The Balaban J connectivity index is 1.94. The van der Waals surface area contributed by atoms with E-state index in [0.29, 0.717) is 13.0 Å². The van der Waals surface area contributed by atoms with Gasteiger partial charge in [-0.2, -0.15) is 13.2 Å². The molecule has 0 spiro atoms. The fraction of sp³-hybridized carbons (Fsp3) is 0.571. The van der Waals surface area contributed by atoms with Crippen LogP contribution in [0, 0.1) is 0 Å². The maximum absolute atomic E-state index is 12.2. The Hall–Kier alpha value is -1.12. The Morgan fingerprint density at radius 1 is 1.27 bits per heavy atom. The normalized spacial score (nSPS) is 19.2. The van der Waals surface area contributed by atoms with E-state index in [2.05, 4.69) is 0 Å². The number of fused-ring (bicyclic) bond motifs is 1. The molecule has 0 N–H and O–H groups in total. The fourth-order valence-electron chi connectivity index (χ4n) is 2.33. The molecule has 8 heteroatoms. The minimum Gasteiger partial charge on any atom is -0.372 e. The number of halogens is 3. The second-order valence-corrected chi connectivity index (χ2v) is 7.56. The summed E-state index contributed by atoms with van der Waals surface area (Å²) in [6.45, 7) is 0.436. The first-order valence-electron chi connectivity index (χ1n) is 6.86. The minimum absolute atomic E-state index is 0.0501. The van der Waals surface area contributed by atoms with Gasteiger partial charge >= 0.3 is 6.18 Å². The summed E-state index contributed by atoms with van der Waals surface area (Å²) in [5, 5.41) is 0. The molecule has 0 unspecified atom stereocenters. The molecule has 0 saturated carbocycles. The molecule has 0 saturated heterocycles. The molecule has 0 fully saturated rings. The second kappa shape index (κ2) is 6.55. The highest BCUT2D eigenvalue weighted by molar-refractivity contribution is 7.89. The lowest BCUT2D eigenvalue weighted by Crippen LogP contribution is -2.39. The zero-order chi connectivity index (χ0) is 16.4. The monoisotopic (exact) mass is 337 g/mol. The molecule has 1 aromatic carbocycles. The van der Waals surface area contributed by atoms with Crippen LogP contribution in [0.4, 0.5) is 13.2 Å². The summed E-state index contributed by atoms with van der Waals surface area (Å²) < 4.78 is 66.8. The summed E-state index contributed by atoms with van der Waals surface area (Å²) in [5.41, 5.74) is 2.14. The molecule has 0 bridgehead atoms. The van der Waals surface area contributed by atoms with Gasteiger partial charge in [-0.15, -0.1) is 0 Å². The van der Waals surface area contributed by atoms with Crippen molar-refractivity contribution >= 4 is 10.0 Å². The van der Waals surface area contributed by atoms with Crippen molar-refractivity contribution in [1.29, 1.82) is 0 Å². The second-order valence-electron chi connectivity index (χ2n) is 5.37. The molecule has 4 nitrogen and oxygen atoms in total. The van der Waals surface area contributed by atoms with Crippen LogP contribution in [0.25, 0.3) is 0 Å². The number of hydrogen-bond acceptors (Lipinski definition) is 3. The molecule has 124 valence electrons. The van der Waals surface area contributed by atoms with Crippen molar-refractivity contribution in [2.75, 3.05) is 19.3 Å². The van der Waals surface area contributed by atoms with Crippen molar-refractivity contribution in [2.45, 2.75) is 31.7 Å². The molecule has 0 aromatic heterocycles. The first kappa shape index (κ1) is 17.2. The van der Waals surface area contributed by atoms with Crippen LogP contribution in [0.1, 0.15) is 17.5 Å². The van der Waals surface area contributed by atoms with E-state index in [1.54, 1.807) is 0 Å². The number of hydrogen-bond donors (Lipinski definition) is 0. The van der Waals surface area contributed by atoms with Gasteiger partial charge in [0.1, 0.15) is 0 Å². The number of rotatable bonds is 5. The van der Waals surface area contributed by atoms with E-state index in [1.165, 1.54) is 7.05 Å². The molecule has 1 aliphatic heterocycles. The van der Waals surface area contributed by atoms with Crippen molar-refractivity contribution in [3.8, 4) is 0 Å². The van der Waals surface area contributed by atoms with Gasteiger partial charge in [-0.3, -0.25) is 0 Å². The molecule has 1 atom stereocenters. The van der Waals surface area contributed by atoms with E-state index < -0.39 is 28.4 Å². The Bertz CT molecular complexity index is 616. The van der Waals surface area contributed by atoms with Crippen LogP contribution in [0.5, 0.6) is 0 Å². The average molecular weight is 337 g/mol. The molecule has 1 heterocycles. The predicted molar refractivity (Wildman–Crippen MR) is 75.8 cm³/mol. The highest BCUT2D eigenvalue weighted by Crippen LogP contribution is 2.23. The van der Waals surface area contributed by atoms with Gasteiger partial charge in [0.05, 0.1) is 24.9 Å². The highest BCUT2D eigenvalue weighted by Gasteiger charge is 2.32. The van der Waals surface area contributed by atoms with Crippen molar-refractivity contribution < 1.29 is 26.3 Å². The van der Waals surface area contributed by atoms with E-state index in [1.807, 2.05) is 24.3 Å². The quantitative estimate of drug-likeness (QED) is 0.829. The Labute approximate surface area is 127 Å². The van der Waals surface area contributed by atoms with Crippen molar-refractivity contribution in [3.63, 3.8) is 0 Å². The van der Waals surface area contributed by atoms with Crippen molar-refractivity contribution in [2.24, 2.45) is 0 Å². The molecule has 22 heavy (non-hydrogen) atoms. The van der Waals surface area contributed by atoms with Gasteiger partial charge in [-0.1, -0.05) is 24.3 Å². The Morgan fingerprint density at radius 2 is 1.91 bits per heavy atom. The predicted octanol–water partition coefficient (Wildman–Crippen LogP) is 2.34. The van der Waals surface area contributed by atoms with Crippen LogP contribution < -0.4 is 0 Å². The summed E-state index contributed by atoms with van der Waals surface area (Å²) >= 11 is 0. The Kier molecular flexibility index (Phi) is 5.14. The van der Waals surface area contributed by atoms with E-state index in [0.717, 1.165) is 15.4 Å². The van der Waals surface area contributed by atoms with E-state index in [4.69, 9.17) is 4.74 Å². The third kappa shape index (κ3) is 4.69. The average Bonchev–Trinajstić information content (AvgIpc) is 2.44. The van der Waals surface area contributed by atoms with Crippen LogP contribution in [0.15, 0.2) is 24.3 Å². The maximum atomic E-state index is 12.2. The number of likely N-dealkylation sites (N-methyl/N-ethyl adjacent to an activating group) is 1. The van der Waals surface area contributed by atoms with Crippen LogP contribution >= 0.6 is 0 Å². The third-order valence-corrected chi connectivity index (χ3v) is 5.44. The lowest BCUT2D eigenvalue weighted by Gasteiger charge is -2.28. The lowest BCUT2D eigenvalue weighted by atomic mass is 9.99. The first-order chi connectivity index (χ1) is 10.2. The zero-order valence-electron chi connectivity index (χ0n) is 12.1. The van der Waals surface area contributed by atoms with Crippen molar-refractivity contribution in [3.05, 3.63) is 35.4 Å². The molecule has 2 rings (SSSR count). The largest absolute Gasteiger partial charge is 0.390 e. The van der Waals surface area contributed by atoms with Crippen LogP contribution in [0.2, 0.25) is 0 Å². The highest BCUT2D eigenvalue weighted by atomic mass is 32.2. The molecule has 1 aliphatic rings. The number of benzene rings is 1. The number of sulfonamides is 1. The summed E-state index contributed by atoms with van der Waals surface area (Å²) in [5.74, 6) is -0.934. The van der Waals surface area contributed by atoms with Gasteiger partial charge in [0.15, 0.2) is 0 Å².